The molecule has 0 saturated carbocycles. The van der Waals surface area contributed by atoms with Crippen LogP contribution < -0.4 is 15.2 Å². The van der Waals surface area contributed by atoms with Gasteiger partial charge in [-0.2, -0.15) is 0 Å². The predicted octanol–water partition coefficient (Wildman–Crippen LogP) is 3.53. The molecule has 1 aliphatic heterocycles. The molecule has 104 valence electrons. The molecule has 0 fully saturated rings. The molecule has 0 aliphatic carbocycles. The molecule has 20 heavy (non-hydrogen) atoms. The second kappa shape index (κ2) is 5.55. The summed E-state index contributed by atoms with van der Waals surface area (Å²) in [6.07, 6.45) is 0.948. The summed E-state index contributed by atoms with van der Waals surface area (Å²) < 4.78 is 11.2. The van der Waals surface area contributed by atoms with Crippen LogP contribution in [0.3, 0.4) is 0 Å². The molecular formula is C17H19NO2. The summed E-state index contributed by atoms with van der Waals surface area (Å²) in [6.45, 7) is 3.33. The molecule has 0 radical (unpaired) electrons. The Hall–Kier alpha value is -2.00. The second-order valence-corrected chi connectivity index (χ2v) is 5.00. The first-order chi connectivity index (χ1) is 9.78. The second-order valence-electron chi connectivity index (χ2n) is 5.00. The topological polar surface area (TPSA) is 44.5 Å². The van der Waals surface area contributed by atoms with Crippen molar-refractivity contribution in [1.29, 1.82) is 0 Å². The molecule has 1 heterocycles. The highest BCUT2D eigenvalue weighted by Gasteiger charge is 2.12. The van der Waals surface area contributed by atoms with Crippen molar-refractivity contribution in [3.05, 3.63) is 48.0 Å². The fraction of sp³-hybridized carbons (Fsp3) is 0.294. The fourth-order valence-electron chi connectivity index (χ4n) is 2.38. The van der Waals surface area contributed by atoms with Crippen molar-refractivity contribution in [3.63, 3.8) is 0 Å². The quantitative estimate of drug-likeness (QED) is 0.927. The Morgan fingerprint density at radius 1 is 0.950 bits per heavy atom. The highest BCUT2D eigenvalue weighted by molar-refractivity contribution is 5.67. The van der Waals surface area contributed by atoms with E-state index in [0.717, 1.165) is 29.0 Å². The van der Waals surface area contributed by atoms with Gasteiger partial charge in [0.2, 0.25) is 0 Å². The van der Waals surface area contributed by atoms with E-state index in [2.05, 4.69) is 37.3 Å². The van der Waals surface area contributed by atoms with E-state index in [9.17, 15) is 0 Å². The van der Waals surface area contributed by atoms with Crippen LogP contribution in [-0.4, -0.2) is 13.2 Å². The lowest BCUT2D eigenvalue weighted by atomic mass is 10.00. The zero-order valence-corrected chi connectivity index (χ0v) is 11.6. The van der Waals surface area contributed by atoms with Crippen LogP contribution in [0.2, 0.25) is 0 Å². The third kappa shape index (κ3) is 2.49. The van der Waals surface area contributed by atoms with E-state index in [-0.39, 0.29) is 6.04 Å². The van der Waals surface area contributed by atoms with Gasteiger partial charge in [-0.3, -0.25) is 0 Å². The van der Waals surface area contributed by atoms with Gasteiger partial charge in [0.25, 0.3) is 0 Å². The first-order valence-electron chi connectivity index (χ1n) is 7.03. The molecule has 3 rings (SSSR count). The van der Waals surface area contributed by atoms with Crippen LogP contribution in [0.4, 0.5) is 0 Å². The standard InChI is InChI=1S/C17H19NO2/c1-2-15(18)13-5-3-12(4-6-13)14-7-8-16-17(11-14)20-10-9-19-16/h3-8,11,15H,2,9-10,18H2,1H3. The third-order valence-corrected chi connectivity index (χ3v) is 3.65. The minimum Gasteiger partial charge on any atom is -0.486 e. The molecule has 2 aromatic carbocycles. The molecule has 0 spiro atoms. The van der Waals surface area contributed by atoms with Crippen molar-refractivity contribution in [2.24, 2.45) is 5.73 Å². The smallest absolute Gasteiger partial charge is 0.161 e. The summed E-state index contributed by atoms with van der Waals surface area (Å²) >= 11 is 0. The van der Waals surface area contributed by atoms with Crippen LogP contribution in [0.15, 0.2) is 42.5 Å². The predicted molar refractivity (Wildman–Crippen MR) is 80.1 cm³/mol. The van der Waals surface area contributed by atoms with Crippen molar-refractivity contribution in [2.45, 2.75) is 19.4 Å². The highest BCUT2D eigenvalue weighted by Crippen LogP contribution is 2.34. The maximum absolute atomic E-state index is 6.04. The Morgan fingerprint density at radius 3 is 2.30 bits per heavy atom. The van der Waals surface area contributed by atoms with E-state index in [4.69, 9.17) is 15.2 Å². The molecule has 1 unspecified atom stereocenters. The van der Waals surface area contributed by atoms with Gasteiger partial charge in [-0.1, -0.05) is 37.3 Å². The lowest BCUT2D eigenvalue weighted by molar-refractivity contribution is 0.171. The van der Waals surface area contributed by atoms with Crippen LogP contribution in [0, 0.1) is 0 Å². The minimum atomic E-state index is 0.115. The average Bonchev–Trinajstić information content (AvgIpc) is 2.54. The number of hydrogen-bond acceptors (Lipinski definition) is 3. The lowest BCUT2D eigenvalue weighted by Gasteiger charge is -2.19. The maximum Gasteiger partial charge on any atom is 0.161 e. The van der Waals surface area contributed by atoms with Gasteiger partial charge in [0.15, 0.2) is 11.5 Å². The largest absolute Gasteiger partial charge is 0.486 e. The van der Waals surface area contributed by atoms with Gasteiger partial charge >= 0.3 is 0 Å². The summed E-state index contributed by atoms with van der Waals surface area (Å²) in [7, 11) is 0. The fourth-order valence-corrected chi connectivity index (χ4v) is 2.38. The molecule has 2 aromatic rings. The Kier molecular flexibility index (Phi) is 3.61. The van der Waals surface area contributed by atoms with Crippen LogP contribution in [-0.2, 0) is 0 Å². The number of hydrogen-bond donors (Lipinski definition) is 1. The number of benzene rings is 2. The van der Waals surface area contributed by atoms with Gasteiger partial charge in [0.05, 0.1) is 0 Å². The molecule has 0 saturated heterocycles. The Balaban J connectivity index is 1.89. The molecule has 1 atom stereocenters. The number of nitrogens with two attached hydrogens (primary N) is 1. The number of fused-ring (bicyclic) bond motifs is 1. The number of ether oxygens (including phenoxy) is 2. The molecule has 3 heteroatoms. The van der Waals surface area contributed by atoms with E-state index < -0.39 is 0 Å². The molecule has 0 bridgehead atoms. The zero-order chi connectivity index (χ0) is 13.9. The van der Waals surface area contributed by atoms with Gasteiger partial charge < -0.3 is 15.2 Å². The van der Waals surface area contributed by atoms with Crippen molar-refractivity contribution in [3.8, 4) is 22.6 Å². The van der Waals surface area contributed by atoms with E-state index in [1.165, 1.54) is 5.56 Å². The zero-order valence-electron chi connectivity index (χ0n) is 11.6. The summed E-state index contributed by atoms with van der Waals surface area (Å²) in [5.74, 6) is 1.65. The van der Waals surface area contributed by atoms with E-state index in [1.54, 1.807) is 0 Å². The first-order valence-corrected chi connectivity index (χ1v) is 7.03. The lowest BCUT2D eigenvalue weighted by Crippen LogP contribution is -2.15. The van der Waals surface area contributed by atoms with Crippen molar-refractivity contribution in [2.75, 3.05) is 13.2 Å². The van der Waals surface area contributed by atoms with Crippen molar-refractivity contribution >= 4 is 0 Å². The minimum absolute atomic E-state index is 0.115. The molecule has 1 aliphatic rings. The molecule has 0 amide bonds. The highest BCUT2D eigenvalue weighted by atomic mass is 16.6. The average molecular weight is 269 g/mol. The van der Waals surface area contributed by atoms with E-state index in [1.807, 2.05) is 12.1 Å². The van der Waals surface area contributed by atoms with E-state index in [0.29, 0.717) is 13.2 Å². The normalized spacial score (nSPS) is 14.9. The maximum atomic E-state index is 6.04. The Morgan fingerprint density at radius 2 is 1.60 bits per heavy atom. The van der Waals surface area contributed by atoms with Gasteiger partial charge in [-0.05, 0) is 35.2 Å². The Labute approximate surface area is 119 Å². The van der Waals surface area contributed by atoms with Crippen LogP contribution >= 0.6 is 0 Å². The van der Waals surface area contributed by atoms with Crippen LogP contribution in [0.25, 0.3) is 11.1 Å². The first kappa shape index (κ1) is 13.0. The van der Waals surface area contributed by atoms with Gasteiger partial charge in [-0.25, -0.2) is 0 Å². The van der Waals surface area contributed by atoms with Gasteiger partial charge in [-0.15, -0.1) is 0 Å². The van der Waals surface area contributed by atoms with Crippen LogP contribution in [0.5, 0.6) is 11.5 Å². The van der Waals surface area contributed by atoms with E-state index >= 15 is 0 Å². The van der Waals surface area contributed by atoms with Crippen molar-refractivity contribution < 1.29 is 9.47 Å². The van der Waals surface area contributed by atoms with Gasteiger partial charge in [0.1, 0.15) is 13.2 Å². The summed E-state index contributed by atoms with van der Waals surface area (Å²) in [5, 5.41) is 0. The number of rotatable bonds is 3. The van der Waals surface area contributed by atoms with Crippen molar-refractivity contribution in [1.82, 2.24) is 0 Å². The summed E-state index contributed by atoms with van der Waals surface area (Å²) in [6, 6.07) is 14.6. The monoisotopic (exact) mass is 269 g/mol. The molecular weight excluding hydrogens is 250 g/mol. The summed E-state index contributed by atoms with van der Waals surface area (Å²) in [4.78, 5) is 0. The molecule has 2 N–H and O–H groups in total. The SMILES string of the molecule is CCC(N)c1ccc(-c2ccc3c(c2)OCCO3)cc1. The Bertz CT molecular complexity index is 592. The molecule has 3 nitrogen and oxygen atoms in total. The summed E-state index contributed by atoms with van der Waals surface area (Å²) in [5.41, 5.74) is 9.50. The van der Waals surface area contributed by atoms with Gasteiger partial charge in [0, 0.05) is 6.04 Å². The molecule has 0 aromatic heterocycles. The van der Waals surface area contributed by atoms with Crippen LogP contribution in [0.1, 0.15) is 24.9 Å². The third-order valence-electron chi connectivity index (χ3n) is 3.65.